The van der Waals surface area contributed by atoms with Crippen LogP contribution in [-0.2, 0) is 17.8 Å². The Morgan fingerprint density at radius 3 is 2.50 bits per heavy atom. The van der Waals surface area contributed by atoms with Crippen LogP contribution in [0.15, 0.2) is 29.3 Å². The maximum atomic E-state index is 5.40. The van der Waals surface area contributed by atoms with Crippen molar-refractivity contribution in [2.45, 2.75) is 39.9 Å². The van der Waals surface area contributed by atoms with Gasteiger partial charge >= 0.3 is 0 Å². The summed E-state index contributed by atoms with van der Waals surface area (Å²) in [7, 11) is 2.17. The van der Waals surface area contributed by atoms with E-state index in [2.05, 4.69) is 72.5 Å². The van der Waals surface area contributed by atoms with Crippen molar-refractivity contribution in [2.75, 3.05) is 53.0 Å². The Kier molecular flexibility index (Phi) is 12.7. The van der Waals surface area contributed by atoms with E-state index in [1.165, 1.54) is 11.1 Å². The van der Waals surface area contributed by atoms with Gasteiger partial charge < -0.3 is 15.4 Å². The summed E-state index contributed by atoms with van der Waals surface area (Å²) in [4.78, 5) is 9.60. The molecular weight excluding hydrogens is 465 g/mol. The van der Waals surface area contributed by atoms with Crippen LogP contribution >= 0.6 is 24.0 Å². The zero-order valence-electron chi connectivity index (χ0n) is 17.9. The number of benzene rings is 1. The van der Waals surface area contributed by atoms with Crippen molar-refractivity contribution in [3.8, 4) is 0 Å². The van der Waals surface area contributed by atoms with Crippen molar-refractivity contribution < 1.29 is 4.74 Å². The number of hydrogen-bond donors (Lipinski definition) is 2. The van der Waals surface area contributed by atoms with Crippen LogP contribution in [0, 0.1) is 0 Å². The van der Waals surface area contributed by atoms with Gasteiger partial charge in [0.2, 0.25) is 0 Å². The molecule has 0 spiro atoms. The quantitative estimate of drug-likeness (QED) is 0.308. The summed E-state index contributed by atoms with van der Waals surface area (Å²) in [5.74, 6) is 0.887. The summed E-state index contributed by atoms with van der Waals surface area (Å²) >= 11 is 0. The van der Waals surface area contributed by atoms with Gasteiger partial charge in [0.25, 0.3) is 0 Å². The Hall–Kier alpha value is -0.900. The van der Waals surface area contributed by atoms with E-state index < -0.39 is 0 Å². The van der Waals surface area contributed by atoms with Crippen LogP contribution in [0.3, 0.4) is 0 Å². The molecule has 0 aliphatic carbocycles. The summed E-state index contributed by atoms with van der Waals surface area (Å²) in [5, 5.41) is 6.82. The van der Waals surface area contributed by atoms with E-state index in [4.69, 9.17) is 9.73 Å². The van der Waals surface area contributed by atoms with Crippen molar-refractivity contribution in [1.82, 2.24) is 20.4 Å². The molecule has 0 bridgehead atoms. The number of halogens is 1. The highest BCUT2D eigenvalue weighted by atomic mass is 127. The number of nitrogens with zero attached hydrogens (tertiary/aromatic N) is 3. The van der Waals surface area contributed by atoms with Crippen LogP contribution in [0.4, 0.5) is 0 Å². The molecule has 6 nitrogen and oxygen atoms in total. The molecule has 160 valence electrons. The number of hydrogen-bond acceptors (Lipinski definition) is 4. The number of nitrogens with one attached hydrogen (secondary N) is 2. The van der Waals surface area contributed by atoms with Gasteiger partial charge in [-0.15, -0.1) is 24.0 Å². The first-order valence-electron chi connectivity index (χ1n) is 10.2. The topological polar surface area (TPSA) is 52.1 Å². The minimum atomic E-state index is 0. The molecule has 1 heterocycles. The van der Waals surface area contributed by atoms with Crippen molar-refractivity contribution >= 4 is 29.9 Å². The SMILES string of the molecule is CCNC(=NCc1ccccc1CN(C)C(C)C)NCCN1CCOCC1.I. The van der Waals surface area contributed by atoms with Gasteiger partial charge in [0.1, 0.15) is 0 Å². The largest absolute Gasteiger partial charge is 0.379 e. The highest BCUT2D eigenvalue weighted by Crippen LogP contribution is 2.13. The monoisotopic (exact) mass is 503 g/mol. The second-order valence-electron chi connectivity index (χ2n) is 7.35. The summed E-state index contributed by atoms with van der Waals surface area (Å²) in [6, 6.07) is 9.14. The summed E-state index contributed by atoms with van der Waals surface area (Å²) < 4.78 is 5.40. The fourth-order valence-corrected chi connectivity index (χ4v) is 2.98. The molecule has 1 aromatic rings. The first-order chi connectivity index (χ1) is 13.1. The summed E-state index contributed by atoms with van der Waals surface area (Å²) in [6.07, 6.45) is 0. The number of rotatable bonds is 9. The molecule has 1 aliphatic rings. The van der Waals surface area contributed by atoms with Gasteiger partial charge in [-0.3, -0.25) is 9.80 Å². The number of guanidine groups is 1. The second-order valence-corrected chi connectivity index (χ2v) is 7.35. The van der Waals surface area contributed by atoms with Gasteiger partial charge in [0, 0.05) is 45.3 Å². The molecule has 2 rings (SSSR count). The highest BCUT2D eigenvalue weighted by molar-refractivity contribution is 14.0. The van der Waals surface area contributed by atoms with E-state index in [1.807, 2.05) is 0 Å². The molecule has 0 amide bonds. The van der Waals surface area contributed by atoms with Crippen LogP contribution < -0.4 is 10.6 Å². The van der Waals surface area contributed by atoms with Gasteiger partial charge in [0.05, 0.1) is 19.8 Å². The lowest BCUT2D eigenvalue weighted by Gasteiger charge is -2.26. The van der Waals surface area contributed by atoms with E-state index in [0.717, 1.165) is 58.4 Å². The van der Waals surface area contributed by atoms with E-state index in [9.17, 15) is 0 Å². The third kappa shape index (κ3) is 9.07. The van der Waals surface area contributed by atoms with Crippen LogP contribution in [0.2, 0.25) is 0 Å². The summed E-state index contributed by atoms with van der Waals surface area (Å²) in [6.45, 7) is 14.7. The Labute approximate surface area is 188 Å². The molecule has 1 saturated heterocycles. The predicted octanol–water partition coefficient (Wildman–Crippen LogP) is 2.53. The van der Waals surface area contributed by atoms with E-state index in [-0.39, 0.29) is 24.0 Å². The van der Waals surface area contributed by atoms with Crippen LogP contribution in [0.25, 0.3) is 0 Å². The Bertz CT molecular complexity index is 576. The highest BCUT2D eigenvalue weighted by Gasteiger charge is 2.10. The molecule has 1 fully saturated rings. The molecule has 0 aromatic heterocycles. The van der Waals surface area contributed by atoms with Crippen LogP contribution in [0.1, 0.15) is 31.9 Å². The molecule has 0 saturated carbocycles. The average molecular weight is 503 g/mol. The van der Waals surface area contributed by atoms with E-state index >= 15 is 0 Å². The van der Waals surface area contributed by atoms with Gasteiger partial charge in [-0.05, 0) is 38.9 Å². The average Bonchev–Trinajstić information content (AvgIpc) is 2.68. The van der Waals surface area contributed by atoms with Gasteiger partial charge in [-0.2, -0.15) is 0 Å². The normalized spacial score (nSPS) is 15.6. The second kappa shape index (κ2) is 14.1. The first-order valence-corrected chi connectivity index (χ1v) is 10.2. The minimum Gasteiger partial charge on any atom is -0.379 e. The van der Waals surface area contributed by atoms with Crippen LogP contribution in [-0.4, -0.2) is 74.8 Å². The van der Waals surface area contributed by atoms with Crippen LogP contribution in [0.5, 0.6) is 0 Å². The standard InChI is InChI=1S/C21H37N5O.HI/c1-5-22-21(23-10-11-26-12-14-27-15-13-26)24-16-19-8-6-7-9-20(19)17-25(4)18(2)3;/h6-9,18H,5,10-17H2,1-4H3,(H2,22,23,24);1H. The molecule has 28 heavy (non-hydrogen) atoms. The van der Waals surface area contributed by atoms with Gasteiger partial charge in [-0.1, -0.05) is 24.3 Å². The van der Waals surface area contributed by atoms with Crippen molar-refractivity contribution in [2.24, 2.45) is 4.99 Å². The summed E-state index contributed by atoms with van der Waals surface area (Å²) in [5.41, 5.74) is 2.64. The molecule has 0 radical (unpaired) electrons. The zero-order valence-corrected chi connectivity index (χ0v) is 20.2. The maximum Gasteiger partial charge on any atom is 0.191 e. The number of morpholine rings is 1. The first kappa shape index (κ1) is 25.1. The lowest BCUT2D eigenvalue weighted by atomic mass is 10.1. The Morgan fingerprint density at radius 1 is 1.18 bits per heavy atom. The molecule has 7 heteroatoms. The molecule has 1 aliphatic heterocycles. The molecule has 1 aromatic carbocycles. The third-order valence-corrected chi connectivity index (χ3v) is 5.00. The molecule has 0 atom stereocenters. The lowest BCUT2D eigenvalue weighted by molar-refractivity contribution is 0.0389. The Balaban J connectivity index is 0.00000392. The molecule has 2 N–H and O–H groups in total. The van der Waals surface area contributed by atoms with Crippen molar-refractivity contribution in [1.29, 1.82) is 0 Å². The van der Waals surface area contributed by atoms with E-state index in [1.54, 1.807) is 0 Å². The van der Waals surface area contributed by atoms with Gasteiger partial charge in [-0.25, -0.2) is 4.99 Å². The van der Waals surface area contributed by atoms with Gasteiger partial charge in [0.15, 0.2) is 5.96 Å². The molecule has 0 unspecified atom stereocenters. The predicted molar refractivity (Wildman–Crippen MR) is 129 cm³/mol. The number of aliphatic imine (C=N–C) groups is 1. The zero-order chi connectivity index (χ0) is 19.5. The van der Waals surface area contributed by atoms with Crippen molar-refractivity contribution in [3.05, 3.63) is 35.4 Å². The fourth-order valence-electron chi connectivity index (χ4n) is 2.98. The minimum absolute atomic E-state index is 0. The number of ether oxygens (including phenoxy) is 1. The maximum absolute atomic E-state index is 5.40. The van der Waals surface area contributed by atoms with E-state index in [0.29, 0.717) is 12.6 Å². The third-order valence-electron chi connectivity index (χ3n) is 5.00. The fraction of sp³-hybridized carbons (Fsp3) is 0.667. The van der Waals surface area contributed by atoms with Crippen molar-refractivity contribution in [3.63, 3.8) is 0 Å². The smallest absolute Gasteiger partial charge is 0.191 e. The lowest BCUT2D eigenvalue weighted by Crippen LogP contribution is -2.44. The molecular formula is C21H38IN5O. The Morgan fingerprint density at radius 2 is 1.86 bits per heavy atom.